The number of likely N-dealkylation sites (N-methyl/N-ethyl adjacent to an activating group) is 1. The van der Waals surface area contributed by atoms with Crippen molar-refractivity contribution in [2.24, 2.45) is 5.84 Å². The lowest BCUT2D eigenvalue weighted by Crippen LogP contribution is -2.52. The molecule has 2 heterocycles. The number of nitrogens with zero attached hydrogens (tertiary/aromatic N) is 3. The summed E-state index contributed by atoms with van der Waals surface area (Å²) in [6.07, 6.45) is 1.21. The number of nitrogen functional groups attached to an aromatic ring is 1. The summed E-state index contributed by atoms with van der Waals surface area (Å²) < 4.78 is 24.4. The number of hydrogen-bond acceptors (Lipinski definition) is 7. The summed E-state index contributed by atoms with van der Waals surface area (Å²) in [5.41, 5.74) is 2.29. The third-order valence-electron chi connectivity index (χ3n) is 3.02. The Morgan fingerprint density at radius 1 is 1.35 bits per heavy atom. The van der Waals surface area contributed by atoms with Gasteiger partial charge < -0.3 is 10.3 Å². The normalized spacial score (nSPS) is 18.1. The summed E-state index contributed by atoms with van der Waals surface area (Å²) in [6, 6.07) is 1.31. The first kappa shape index (κ1) is 15.4. The minimum Gasteiger partial charge on any atom is -0.307 e. The van der Waals surface area contributed by atoms with Crippen molar-refractivity contribution >= 4 is 27.4 Å². The molecule has 0 aliphatic carbocycles. The number of hydrogen-bond donors (Lipinski definition) is 3. The fraction of sp³-hybridized carbons (Fsp3) is 0.500. The highest BCUT2D eigenvalue weighted by atomic mass is 35.5. The molecule has 8 nitrogen and oxygen atoms in total. The van der Waals surface area contributed by atoms with Gasteiger partial charge in [0.05, 0.1) is 5.02 Å². The first-order chi connectivity index (χ1) is 9.42. The Hall–Kier alpha value is -0.970. The van der Waals surface area contributed by atoms with Gasteiger partial charge >= 0.3 is 0 Å². The van der Waals surface area contributed by atoms with Gasteiger partial charge in [0.15, 0.2) is 5.82 Å². The Morgan fingerprint density at radius 2 is 2.00 bits per heavy atom. The topological polar surface area (TPSA) is 104 Å². The lowest BCUT2D eigenvalue weighted by molar-refractivity contribution is 0.135. The molecule has 112 valence electrons. The Morgan fingerprint density at radius 3 is 2.55 bits per heavy atom. The molecule has 0 spiro atoms. The van der Waals surface area contributed by atoms with Crippen molar-refractivity contribution in [1.82, 2.24) is 19.7 Å². The van der Waals surface area contributed by atoms with Gasteiger partial charge in [0.25, 0.3) is 10.0 Å². The second-order valence-electron chi connectivity index (χ2n) is 4.53. The van der Waals surface area contributed by atoms with E-state index in [1.54, 1.807) is 5.01 Å². The molecule has 0 radical (unpaired) electrons. The molecule has 1 fully saturated rings. The van der Waals surface area contributed by atoms with E-state index in [4.69, 9.17) is 17.4 Å². The van der Waals surface area contributed by atoms with E-state index in [-0.39, 0.29) is 15.7 Å². The van der Waals surface area contributed by atoms with Crippen LogP contribution >= 0.6 is 11.6 Å². The molecule has 1 aromatic rings. The largest absolute Gasteiger partial charge is 0.307 e. The molecule has 1 aromatic heterocycles. The number of hydrazine groups is 2. The standard InChI is InChI=1S/C10H17ClN6O2S/c1-16-2-4-17(5-3-16)15-20(18,19)8-6-9(11)10(14-12)13-7-8/h6-7,15H,2-5,12H2,1H3,(H,13,14). The number of sulfonamides is 1. The van der Waals surface area contributed by atoms with Crippen molar-refractivity contribution in [1.29, 1.82) is 0 Å². The van der Waals surface area contributed by atoms with E-state index in [9.17, 15) is 8.42 Å². The van der Waals surface area contributed by atoms with E-state index in [1.807, 2.05) is 7.05 Å². The fourth-order valence-corrected chi connectivity index (χ4v) is 3.17. The van der Waals surface area contributed by atoms with Gasteiger partial charge in [-0.1, -0.05) is 11.6 Å². The molecule has 0 aromatic carbocycles. The summed E-state index contributed by atoms with van der Waals surface area (Å²) in [4.78, 5) is 8.51. The van der Waals surface area contributed by atoms with Gasteiger partial charge in [-0.2, -0.15) is 0 Å². The zero-order valence-electron chi connectivity index (χ0n) is 11.0. The van der Waals surface area contributed by atoms with Crippen molar-refractivity contribution in [3.05, 3.63) is 17.3 Å². The second-order valence-corrected chi connectivity index (χ2v) is 6.60. The van der Waals surface area contributed by atoms with E-state index in [0.717, 1.165) is 13.1 Å². The molecule has 1 aliphatic heterocycles. The maximum atomic E-state index is 12.2. The fourth-order valence-electron chi connectivity index (χ4n) is 1.79. The van der Waals surface area contributed by atoms with E-state index >= 15 is 0 Å². The molecule has 20 heavy (non-hydrogen) atoms. The number of anilines is 1. The average Bonchev–Trinajstić information content (AvgIpc) is 2.41. The third-order valence-corrected chi connectivity index (χ3v) is 4.65. The molecular weight excluding hydrogens is 304 g/mol. The zero-order valence-corrected chi connectivity index (χ0v) is 12.6. The molecule has 4 N–H and O–H groups in total. The summed E-state index contributed by atoms with van der Waals surface area (Å²) in [5.74, 6) is 5.42. The van der Waals surface area contributed by atoms with Crippen LogP contribution in [-0.2, 0) is 10.0 Å². The molecule has 0 atom stereocenters. The van der Waals surface area contributed by atoms with Crippen LogP contribution in [0.2, 0.25) is 5.02 Å². The monoisotopic (exact) mass is 320 g/mol. The number of nitrogens with one attached hydrogen (secondary N) is 2. The van der Waals surface area contributed by atoms with Gasteiger partial charge in [-0.05, 0) is 13.1 Å². The number of halogens is 1. The summed E-state index contributed by atoms with van der Waals surface area (Å²) in [5, 5.41) is 1.81. The Bertz CT molecular complexity index is 573. The second kappa shape index (κ2) is 6.20. The summed E-state index contributed by atoms with van der Waals surface area (Å²) in [7, 11) is -1.69. The highest BCUT2D eigenvalue weighted by Gasteiger charge is 2.22. The van der Waals surface area contributed by atoms with Crippen molar-refractivity contribution in [3.63, 3.8) is 0 Å². The lowest BCUT2D eigenvalue weighted by Gasteiger charge is -2.32. The van der Waals surface area contributed by atoms with Crippen LogP contribution in [0.15, 0.2) is 17.2 Å². The van der Waals surface area contributed by atoms with Gasteiger partial charge in [0.1, 0.15) is 4.90 Å². The van der Waals surface area contributed by atoms with Gasteiger partial charge in [-0.25, -0.2) is 24.3 Å². The molecule has 0 amide bonds. The van der Waals surface area contributed by atoms with Crippen LogP contribution in [0.5, 0.6) is 0 Å². The van der Waals surface area contributed by atoms with Crippen molar-refractivity contribution < 1.29 is 8.42 Å². The molecule has 0 unspecified atom stereocenters. The SMILES string of the molecule is CN1CCN(NS(=O)(=O)c2cnc(NN)c(Cl)c2)CC1. The summed E-state index contributed by atoms with van der Waals surface area (Å²) in [6.45, 7) is 2.85. The van der Waals surface area contributed by atoms with E-state index < -0.39 is 10.0 Å². The van der Waals surface area contributed by atoms with Gasteiger partial charge in [-0.3, -0.25) is 0 Å². The average molecular weight is 321 g/mol. The van der Waals surface area contributed by atoms with Crippen LogP contribution in [-0.4, -0.2) is 56.5 Å². The van der Waals surface area contributed by atoms with Crippen molar-refractivity contribution in [3.8, 4) is 0 Å². The van der Waals surface area contributed by atoms with Crippen LogP contribution in [0.3, 0.4) is 0 Å². The summed E-state index contributed by atoms with van der Waals surface area (Å²) >= 11 is 5.88. The Balaban J connectivity index is 2.12. The molecule has 10 heteroatoms. The van der Waals surface area contributed by atoms with E-state index in [2.05, 4.69) is 20.1 Å². The molecule has 0 bridgehead atoms. The van der Waals surface area contributed by atoms with Crippen LogP contribution in [0.1, 0.15) is 0 Å². The highest BCUT2D eigenvalue weighted by Crippen LogP contribution is 2.21. The first-order valence-corrected chi connectivity index (χ1v) is 7.86. The number of aromatic nitrogens is 1. The van der Waals surface area contributed by atoms with Gasteiger partial charge in [0.2, 0.25) is 0 Å². The zero-order chi connectivity index (χ0) is 14.8. The lowest BCUT2D eigenvalue weighted by atomic mass is 10.4. The molecular formula is C10H17ClN6O2S. The molecule has 1 aliphatic rings. The number of nitrogens with two attached hydrogens (primary N) is 1. The van der Waals surface area contributed by atoms with Gasteiger partial charge in [0, 0.05) is 32.4 Å². The van der Waals surface area contributed by atoms with Crippen LogP contribution < -0.4 is 16.1 Å². The first-order valence-electron chi connectivity index (χ1n) is 6.00. The molecule has 2 rings (SSSR count). The van der Waals surface area contributed by atoms with Crippen LogP contribution in [0.4, 0.5) is 5.82 Å². The van der Waals surface area contributed by atoms with Crippen molar-refractivity contribution in [2.75, 3.05) is 38.7 Å². The molecule has 0 saturated carbocycles. The predicted octanol–water partition coefficient (Wildman–Crippen LogP) is -0.539. The number of pyridine rings is 1. The van der Waals surface area contributed by atoms with Crippen molar-refractivity contribution in [2.45, 2.75) is 4.90 Å². The smallest absolute Gasteiger partial charge is 0.255 e. The number of piperazine rings is 1. The predicted molar refractivity (Wildman–Crippen MR) is 76.4 cm³/mol. The van der Waals surface area contributed by atoms with Gasteiger partial charge in [-0.15, -0.1) is 4.83 Å². The quantitative estimate of drug-likeness (QED) is 0.505. The van der Waals surface area contributed by atoms with Crippen LogP contribution in [0, 0.1) is 0 Å². The minimum absolute atomic E-state index is 0.000396. The minimum atomic E-state index is -3.68. The number of rotatable bonds is 4. The van der Waals surface area contributed by atoms with E-state index in [0.29, 0.717) is 13.1 Å². The van der Waals surface area contributed by atoms with Crippen LogP contribution in [0.25, 0.3) is 0 Å². The highest BCUT2D eigenvalue weighted by molar-refractivity contribution is 7.89. The molecule has 1 saturated heterocycles. The maximum absolute atomic E-state index is 12.2. The Kier molecular flexibility index (Phi) is 4.78. The Labute approximate surface area is 122 Å². The third kappa shape index (κ3) is 3.57. The van der Waals surface area contributed by atoms with E-state index in [1.165, 1.54) is 12.3 Å². The maximum Gasteiger partial charge on any atom is 0.255 e.